The van der Waals surface area contributed by atoms with Crippen molar-refractivity contribution in [2.45, 2.75) is 65.1 Å². The number of hydrogen-bond acceptors (Lipinski definition) is 2. The van der Waals surface area contributed by atoms with Crippen molar-refractivity contribution in [3.05, 3.63) is 0 Å². The molecule has 0 bridgehead atoms. The summed E-state index contributed by atoms with van der Waals surface area (Å²) in [6, 6.07) is 0. The third kappa shape index (κ3) is 6.24. The number of rotatable bonds is 6. The van der Waals surface area contributed by atoms with Crippen molar-refractivity contribution in [2.75, 3.05) is 0 Å². The number of hydrogen-bond donors (Lipinski definition) is 0. The van der Waals surface area contributed by atoms with Crippen LogP contribution < -0.4 is 0 Å². The molecule has 0 aromatic heterocycles. The van der Waals surface area contributed by atoms with E-state index in [9.17, 15) is 0 Å². The van der Waals surface area contributed by atoms with Crippen molar-refractivity contribution in [1.82, 2.24) is 0 Å². The molecule has 80 valence electrons. The topological polar surface area (TPSA) is 18.5 Å². The largest absolute Gasteiger partial charge is 0.352 e. The second kappa shape index (κ2) is 5.78. The molecule has 2 nitrogen and oxygen atoms in total. The first kappa shape index (κ1) is 13.1. The molecule has 13 heavy (non-hydrogen) atoms. The molecular weight excluding hydrogens is 180 g/mol. The van der Waals surface area contributed by atoms with E-state index in [1.807, 2.05) is 6.92 Å². The van der Waals surface area contributed by atoms with E-state index in [0.717, 1.165) is 23.1 Å². The van der Waals surface area contributed by atoms with Crippen LogP contribution >= 0.6 is 0 Å². The van der Waals surface area contributed by atoms with E-state index in [1.165, 1.54) is 0 Å². The van der Waals surface area contributed by atoms with Gasteiger partial charge in [-0.3, -0.25) is 0 Å². The van der Waals surface area contributed by atoms with Gasteiger partial charge < -0.3 is 9.47 Å². The standard InChI is InChI=1S/C10H24O2Si/c1-6-8(3)11-10(5,13)12-9(4)7-2/h8-9H,6-7H2,1-5,13H3. The Kier molecular flexibility index (Phi) is 5.84. The summed E-state index contributed by atoms with van der Waals surface area (Å²) in [5.74, 6) is 0. The quantitative estimate of drug-likeness (QED) is 0.484. The lowest BCUT2D eigenvalue weighted by Crippen LogP contribution is -2.38. The van der Waals surface area contributed by atoms with Gasteiger partial charge in [-0.05, 0) is 33.6 Å². The number of ether oxygens (including phenoxy) is 2. The van der Waals surface area contributed by atoms with Gasteiger partial charge in [-0.15, -0.1) is 0 Å². The van der Waals surface area contributed by atoms with Gasteiger partial charge in [0.05, 0.1) is 22.5 Å². The molecule has 0 amide bonds. The highest BCUT2D eigenvalue weighted by Crippen LogP contribution is 2.15. The van der Waals surface area contributed by atoms with E-state index in [4.69, 9.17) is 9.47 Å². The Morgan fingerprint density at radius 3 is 1.62 bits per heavy atom. The predicted molar refractivity (Wildman–Crippen MR) is 60.0 cm³/mol. The molecule has 0 N–H and O–H groups in total. The van der Waals surface area contributed by atoms with E-state index in [1.54, 1.807) is 0 Å². The highest BCUT2D eigenvalue weighted by molar-refractivity contribution is 6.13. The lowest BCUT2D eigenvalue weighted by atomic mass is 10.3. The molecule has 0 heterocycles. The summed E-state index contributed by atoms with van der Waals surface area (Å²) >= 11 is 0. The second-order valence-electron chi connectivity index (χ2n) is 4.07. The van der Waals surface area contributed by atoms with Gasteiger partial charge in [-0.2, -0.15) is 0 Å². The van der Waals surface area contributed by atoms with E-state index < -0.39 is 0 Å². The van der Waals surface area contributed by atoms with Crippen LogP contribution in [0.1, 0.15) is 47.5 Å². The van der Waals surface area contributed by atoms with Crippen LogP contribution in [0, 0.1) is 0 Å². The Morgan fingerprint density at radius 2 is 1.38 bits per heavy atom. The zero-order valence-electron chi connectivity index (χ0n) is 9.89. The molecule has 0 aliphatic rings. The van der Waals surface area contributed by atoms with Gasteiger partial charge >= 0.3 is 0 Å². The molecule has 0 aromatic rings. The van der Waals surface area contributed by atoms with Crippen molar-refractivity contribution < 1.29 is 9.47 Å². The second-order valence-corrected chi connectivity index (χ2v) is 5.89. The molecule has 0 aliphatic carbocycles. The van der Waals surface area contributed by atoms with Gasteiger partial charge in [0.25, 0.3) is 0 Å². The lowest BCUT2D eigenvalue weighted by Gasteiger charge is -2.32. The fraction of sp³-hybridized carbons (Fsp3) is 1.00. The van der Waals surface area contributed by atoms with Crippen LogP contribution in [0.15, 0.2) is 0 Å². The van der Waals surface area contributed by atoms with Crippen LogP contribution in [0.4, 0.5) is 0 Å². The molecule has 0 rings (SSSR count). The highest BCUT2D eigenvalue weighted by Gasteiger charge is 2.23. The van der Waals surface area contributed by atoms with Gasteiger partial charge in [0.2, 0.25) is 0 Å². The minimum absolute atomic E-state index is 0.298. The summed E-state index contributed by atoms with van der Waals surface area (Å²) in [6.07, 6.45) is 2.68. The van der Waals surface area contributed by atoms with E-state index in [0.29, 0.717) is 12.2 Å². The molecular formula is C10H24O2Si. The zero-order chi connectivity index (χ0) is 10.5. The maximum Gasteiger partial charge on any atom is 0.139 e. The average molecular weight is 204 g/mol. The SMILES string of the molecule is CCC(C)OC(C)([SiH3])OC(C)CC. The molecule has 2 unspecified atom stereocenters. The van der Waals surface area contributed by atoms with Crippen molar-refractivity contribution in [2.24, 2.45) is 0 Å². The Balaban J connectivity index is 3.92. The minimum Gasteiger partial charge on any atom is -0.352 e. The smallest absolute Gasteiger partial charge is 0.139 e. The van der Waals surface area contributed by atoms with Gasteiger partial charge in [-0.1, -0.05) is 13.8 Å². The van der Waals surface area contributed by atoms with Crippen molar-refractivity contribution in [1.29, 1.82) is 0 Å². The summed E-state index contributed by atoms with van der Waals surface area (Å²) in [7, 11) is 0.909. The molecule has 0 spiro atoms. The van der Waals surface area contributed by atoms with Gasteiger partial charge in [0.15, 0.2) is 0 Å². The van der Waals surface area contributed by atoms with E-state index >= 15 is 0 Å². The third-order valence-corrected chi connectivity index (χ3v) is 2.59. The van der Waals surface area contributed by atoms with Gasteiger partial charge in [-0.25, -0.2) is 0 Å². The Morgan fingerprint density at radius 1 is 1.08 bits per heavy atom. The molecule has 0 saturated carbocycles. The third-order valence-electron chi connectivity index (χ3n) is 2.12. The van der Waals surface area contributed by atoms with Crippen LogP contribution in [0.2, 0.25) is 0 Å². The summed E-state index contributed by atoms with van der Waals surface area (Å²) in [5.41, 5.74) is -0.315. The van der Waals surface area contributed by atoms with Crippen molar-refractivity contribution in [3.8, 4) is 0 Å². The van der Waals surface area contributed by atoms with Gasteiger partial charge in [0.1, 0.15) is 5.41 Å². The fourth-order valence-electron chi connectivity index (χ4n) is 1.16. The highest BCUT2D eigenvalue weighted by atomic mass is 28.1. The molecule has 0 aliphatic heterocycles. The molecule has 2 atom stereocenters. The monoisotopic (exact) mass is 204 g/mol. The maximum atomic E-state index is 5.80. The van der Waals surface area contributed by atoms with Crippen LogP contribution in [-0.2, 0) is 9.47 Å². The summed E-state index contributed by atoms with van der Waals surface area (Å²) < 4.78 is 11.6. The zero-order valence-corrected chi connectivity index (χ0v) is 11.9. The lowest BCUT2D eigenvalue weighted by molar-refractivity contribution is -0.210. The first-order valence-corrected chi connectivity index (χ1v) is 6.27. The minimum atomic E-state index is -0.315. The Labute approximate surface area is 85.4 Å². The van der Waals surface area contributed by atoms with Crippen LogP contribution in [0.3, 0.4) is 0 Å². The molecule has 3 heteroatoms. The molecule has 0 aromatic carbocycles. The van der Waals surface area contributed by atoms with Crippen LogP contribution in [0.25, 0.3) is 0 Å². The molecule has 0 saturated heterocycles. The maximum absolute atomic E-state index is 5.80. The first-order chi connectivity index (χ1) is 5.91. The Bertz CT molecular complexity index is 123. The fourth-order valence-corrected chi connectivity index (χ4v) is 1.97. The van der Waals surface area contributed by atoms with Crippen molar-refractivity contribution in [3.63, 3.8) is 0 Å². The predicted octanol–water partition coefficient (Wildman–Crippen LogP) is 1.66. The molecule has 0 radical (unpaired) electrons. The summed E-state index contributed by atoms with van der Waals surface area (Å²) in [6.45, 7) is 10.5. The van der Waals surface area contributed by atoms with Crippen molar-refractivity contribution >= 4 is 10.2 Å². The summed E-state index contributed by atoms with van der Waals surface area (Å²) in [5, 5.41) is 0. The van der Waals surface area contributed by atoms with Crippen LogP contribution in [0.5, 0.6) is 0 Å². The average Bonchev–Trinajstić information content (AvgIpc) is 2.02. The first-order valence-electron chi connectivity index (χ1n) is 5.27. The van der Waals surface area contributed by atoms with Gasteiger partial charge in [0, 0.05) is 0 Å². The summed E-state index contributed by atoms with van der Waals surface area (Å²) in [4.78, 5) is 0. The Hall–Kier alpha value is 0.137. The van der Waals surface area contributed by atoms with E-state index in [-0.39, 0.29) is 5.41 Å². The normalized spacial score (nSPS) is 21.0. The van der Waals surface area contributed by atoms with E-state index in [2.05, 4.69) is 27.7 Å². The molecule has 0 fully saturated rings. The van der Waals surface area contributed by atoms with Crippen LogP contribution in [-0.4, -0.2) is 27.9 Å².